The molecule has 0 spiro atoms. The summed E-state index contributed by atoms with van der Waals surface area (Å²) in [5, 5.41) is 0. The predicted octanol–water partition coefficient (Wildman–Crippen LogP) is 10.6. The molecular weight excluding hydrogens is 595 g/mol. The highest BCUT2D eigenvalue weighted by molar-refractivity contribution is 5.86. The second kappa shape index (κ2) is 11.6. The highest BCUT2D eigenvalue weighted by Crippen LogP contribution is 2.41. The summed E-state index contributed by atoms with van der Waals surface area (Å²) in [7, 11) is 2.07. The van der Waals surface area contributed by atoms with Gasteiger partial charge < -0.3 is 4.42 Å². The van der Waals surface area contributed by atoms with Gasteiger partial charge in [-0.05, 0) is 108 Å². The van der Waals surface area contributed by atoms with Gasteiger partial charge in [-0.2, -0.15) is 4.57 Å². The molecule has 0 saturated heterocycles. The zero-order chi connectivity index (χ0) is 33.1. The van der Waals surface area contributed by atoms with E-state index in [4.69, 9.17) is 9.40 Å². The fourth-order valence-electron chi connectivity index (χ4n) is 6.58. The minimum Gasteiger partial charge on any atom is -0.436 e. The number of para-hydroxylation sites is 2. The van der Waals surface area contributed by atoms with Gasteiger partial charge in [0, 0.05) is 22.8 Å². The minimum atomic E-state index is -0.604. The number of hydrogen-bond acceptors (Lipinski definition) is 2. The van der Waals surface area contributed by atoms with E-state index in [9.17, 15) is 13.2 Å². The number of halogens is 3. The van der Waals surface area contributed by atoms with Crippen molar-refractivity contribution in [3.8, 4) is 39.7 Å². The van der Waals surface area contributed by atoms with Gasteiger partial charge >= 0.3 is 0 Å². The monoisotopic (exact) mass is 630 g/mol. The lowest BCUT2D eigenvalue weighted by atomic mass is 9.88. The van der Waals surface area contributed by atoms with Crippen LogP contribution in [0.3, 0.4) is 0 Å². The van der Waals surface area contributed by atoms with Gasteiger partial charge in [-0.25, -0.2) is 22.7 Å². The number of aryl methyl sites for hydroxylation is 2. The molecule has 0 aliphatic carbocycles. The summed E-state index contributed by atoms with van der Waals surface area (Å²) in [4.78, 5) is 4.72. The Morgan fingerprint density at radius 2 is 1.32 bits per heavy atom. The van der Waals surface area contributed by atoms with E-state index in [1.54, 1.807) is 12.1 Å². The van der Waals surface area contributed by atoms with Crippen LogP contribution in [0.4, 0.5) is 13.2 Å². The number of imidazole rings is 1. The number of hydrogen-bond donors (Lipinski definition) is 0. The topological polar surface area (TPSA) is 34.8 Å². The third kappa shape index (κ3) is 5.29. The van der Waals surface area contributed by atoms with Crippen LogP contribution in [-0.2, 0) is 7.05 Å². The summed E-state index contributed by atoms with van der Waals surface area (Å²) in [6.45, 7) is 10.7. The molecule has 0 N–H and O–H groups in total. The molecule has 4 nitrogen and oxygen atoms in total. The number of aromatic nitrogens is 3. The smallest absolute Gasteiger partial charge is 0.295 e. The quantitative estimate of drug-likeness (QED) is 0.171. The van der Waals surface area contributed by atoms with Crippen molar-refractivity contribution < 1.29 is 22.2 Å². The van der Waals surface area contributed by atoms with Gasteiger partial charge in [-0.3, -0.25) is 0 Å². The third-order valence-corrected chi connectivity index (χ3v) is 8.91. The Labute approximate surface area is 271 Å². The van der Waals surface area contributed by atoms with Crippen LogP contribution in [0, 0.1) is 24.4 Å². The van der Waals surface area contributed by atoms with Gasteiger partial charge in [-0.1, -0.05) is 39.8 Å². The van der Waals surface area contributed by atoms with E-state index in [1.165, 1.54) is 24.3 Å². The van der Waals surface area contributed by atoms with E-state index in [1.807, 2.05) is 24.3 Å². The Morgan fingerprint density at radius 1 is 0.702 bits per heavy atom. The normalized spacial score (nSPS) is 11.9. The fraction of sp³-hybridized carbons (Fsp3) is 0.200. The molecule has 0 amide bonds. The summed E-state index contributed by atoms with van der Waals surface area (Å²) >= 11 is 0. The average molecular weight is 631 g/mol. The molecule has 7 aromatic rings. The van der Waals surface area contributed by atoms with Crippen molar-refractivity contribution in [2.24, 2.45) is 7.05 Å². The third-order valence-electron chi connectivity index (χ3n) is 8.91. The van der Waals surface area contributed by atoms with Gasteiger partial charge in [0.15, 0.2) is 16.6 Å². The first-order valence-electron chi connectivity index (χ1n) is 15.8. The van der Waals surface area contributed by atoms with E-state index in [2.05, 4.69) is 75.1 Å². The van der Waals surface area contributed by atoms with Gasteiger partial charge in [0.2, 0.25) is 5.89 Å². The Bertz CT molecular complexity index is 2260. The van der Waals surface area contributed by atoms with Gasteiger partial charge in [0.25, 0.3) is 5.82 Å². The molecule has 0 saturated carbocycles. The van der Waals surface area contributed by atoms with Crippen LogP contribution in [0.25, 0.3) is 61.8 Å². The van der Waals surface area contributed by atoms with E-state index in [0.29, 0.717) is 28.1 Å². The molecule has 0 radical (unpaired) electrons. The Kier molecular flexibility index (Phi) is 7.50. The van der Waals surface area contributed by atoms with Crippen molar-refractivity contribution >= 4 is 22.1 Å². The zero-order valence-corrected chi connectivity index (χ0v) is 27.2. The molecule has 47 heavy (non-hydrogen) atoms. The minimum absolute atomic E-state index is 0.0938. The van der Waals surface area contributed by atoms with Crippen molar-refractivity contribution in [3.05, 3.63) is 125 Å². The molecule has 0 aliphatic rings. The number of rotatable bonds is 6. The van der Waals surface area contributed by atoms with E-state index >= 15 is 0 Å². The molecule has 0 fully saturated rings. The van der Waals surface area contributed by atoms with E-state index in [0.717, 1.165) is 56.4 Å². The molecule has 2 heterocycles. The first-order valence-corrected chi connectivity index (χ1v) is 15.8. The van der Waals surface area contributed by atoms with E-state index < -0.39 is 11.6 Å². The number of oxazole rings is 1. The second-order valence-electron chi connectivity index (χ2n) is 12.8. The molecule has 0 bridgehead atoms. The predicted molar refractivity (Wildman–Crippen MR) is 181 cm³/mol. The Balaban J connectivity index is 1.52. The van der Waals surface area contributed by atoms with Crippen LogP contribution < -0.4 is 4.57 Å². The lowest BCUT2D eigenvalue weighted by Crippen LogP contribution is -2.30. The van der Waals surface area contributed by atoms with Crippen molar-refractivity contribution in [2.75, 3.05) is 0 Å². The molecule has 7 heteroatoms. The molecule has 0 unspecified atom stereocenters. The Morgan fingerprint density at radius 3 is 1.96 bits per heavy atom. The lowest BCUT2D eigenvalue weighted by molar-refractivity contribution is -0.633. The zero-order valence-electron chi connectivity index (χ0n) is 27.2. The first kappa shape index (κ1) is 30.5. The molecule has 7 rings (SSSR count). The summed E-state index contributed by atoms with van der Waals surface area (Å²) < 4.78 is 53.2. The molecule has 236 valence electrons. The maximum atomic E-state index is 14.4. The SMILES string of the molecule is Cc1cc2nc(-c3ccc(F)cc3)oc2cc1-c1n(-c2c(C(C)C)cc(-c3cc(F)cc(F)c3)cc2C(C)C)c2ccccc2[n+]1C. The molecule has 5 aromatic carbocycles. The largest absolute Gasteiger partial charge is 0.436 e. The summed E-state index contributed by atoms with van der Waals surface area (Å²) in [6, 6.07) is 26.3. The average Bonchev–Trinajstić information content (AvgIpc) is 3.57. The highest BCUT2D eigenvalue weighted by atomic mass is 19.1. The fourth-order valence-corrected chi connectivity index (χ4v) is 6.58. The van der Waals surface area contributed by atoms with Crippen LogP contribution in [0.2, 0.25) is 0 Å². The van der Waals surface area contributed by atoms with Crippen LogP contribution in [-0.4, -0.2) is 9.55 Å². The van der Waals surface area contributed by atoms with Gasteiger partial charge in [0.05, 0.1) is 12.6 Å². The number of benzene rings is 5. The van der Waals surface area contributed by atoms with Crippen LogP contribution in [0.15, 0.2) is 95.4 Å². The summed E-state index contributed by atoms with van der Waals surface area (Å²) in [6.07, 6.45) is 0. The molecule has 2 aromatic heterocycles. The maximum Gasteiger partial charge on any atom is 0.295 e. The number of fused-ring (bicyclic) bond motifs is 2. The van der Waals surface area contributed by atoms with Crippen LogP contribution in [0.1, 0.15) is 56.2 Å². The standard InChI is InChI=1S/C40H35F3N3O/c1-22(2)31-18-27(26-16-29(42)20-30(43)17-26)19-32(23(3)4)38(31)46-36-10-8-7-9-35(36)45(6)40(46)33-21-37-34(15-24(33)5)44-39(47-37)25-11-13-28(41)14-12-25/h7-23H,1-6H3/q+1. The van der Waals surface area contributed by atoms with Crippen LogP contribution in [0.5, 0.6) is 0 Å². The van der Waals surface area contributed by atoms with Gasteiger partial charge in [0.1, 0.15) is 28.7 Å². The number of nitrogens with zero attached hydrogens (tertiary/aromatic N) is 3. The van der Waals surface area contributed by atoms with Crippen molar-refractivity contribution in [1.82, 2.24) is 9.55 Å². The van der Waals surface area contributed by atoms with Crippen molar-refractivity contribution in [2.45, 2.75) is 46.5 Å². The van der Waals surface area contributed by atoms with Crippen molar-refractivity contribution in [3.63, 3.8) is 0 Å². The summed E-state index contributed by atoms with van der Waals surface area (Å²) in [5.41, 5.74) is 10.6. The van der Waals surface area contributed by atoms with Crippen molar-refractivity contribution in [1.29, 1.82) is 0 Å². The maximum absolute atomic E-state index is 14.4. The van der Waals surface area contributed by atoms with E-state index in [-0.39, 0.29) is 17.7 Å². The Hall–Kier alpha value is -5.17. The second-order valence-corrected chi connectivity index (χ2v) is 12.8. The molecular formula is C40H35F3N3O+. The first-order chi connectivity index (χ1) is 22.5. The van der Waals surface area contributed by atoms with Crippen LogP contribution >= 0.6 is 0 Å². The van der Waals surface area contributed by atoms with Gasteiger partial charge in [-0.15, -0.1) is 0 Å². The lowest BCUT2D eigenvalue weighted by Gasteiger charge is -2.21. The highest BCUT2D eigenvalue weighted by Gasteiger charge is 2.32. The summed E-state index contributed by atoms with van der Waals surface area (Å²) in [5.74, 6) is 0.0444. The molecule has 0 atom stereocenters. The molecule has 0 aliphatic heterocycles.